The molecular weight excluding hydrogens is 418 g/mol. The summed E-state index contributed by atoms with van der Waals surface area (Å²) in [7, 11) is 1.80. The lowest BCUT2D eigenvalue weighted by molar-refractivity contribution is -0.113. The highest BCUT2D eigenvalue weighted by Crippen LogP contribution is 2.41. The molecule has 1 aliphatic heterocycles. The van der Waals surface area contributed by atoms with Crippen LogP contribution in [0.2, 0.25) is 0 Å². The summed E-state index contributed by atoms with van der Waals surface area (Å²) in [4.78, 5) is 29.0. The first-order valence-corrected chi connectivity index (χ1v) is 11.8. The van der Waals surface area contributed by atoms with Crippen LogP contribution in [-0.4, -0.2) is 51.9 Å². The molecule has 2 aliphatic rings. The van der Waals surface area contributed by atoms with Gasteiger partial charge in [0.15, 0.2) is 0 Å². The van der Waals surface area contributed by atoms with E-state index in [2.05, 4.69) is 10.2 Å². The fourth-order valence-electron chi connectivity index (χ4n) is 5.73. The molecule has 1 aliphatic carbocycles. The van der Waals surface area contributed by atoms with Gasteiger partial charge in [0.25, 0.3) is 11.5 Å². The van der Waals surface area contributed by atoms with Gasteiger partial charge in [-0.1, -0.05) is 26.5 Å². The van der Waals surface area contributed by atoms with Crippen LogP contribution in [0, 0.1) is 0 Å². The van der Waals surface area contributed by atoms with Gasteiger partial charge in [0, 0.05) is 31.1 Å². The second kappa shape index (κ2) is 9.85. The van der Waals surface area contributed by atoms with Crippen molar-refractivity contribution in [2.45, 2.75) is 90.6 Å². The average Bonchev–Trinajstić information content (AvgIpc) is 2.78. The highest BCUT2D eigenvalue weighted by molar-refractivity contribution is 6.02. The van der Waals surface area contributed by atoms with Crippen LogP contribution in [0.25, 0.3) is 10.9 Å². The molecule has 3 unspecified atom stereocenters. The molecule has 2 heterocycles. The van der Waals surface area contributed by atoms with Crippen molar-refractivity contribution >= 4 is 16.8 Å². The van der Waals surface area contributed by atoms with Gasteiger partial charge in [-0.3, -0.25) is 14.5 Å². The summed E-state index contributed by atoms with van der Waals surface area (Å²) < 4.78 is 7.46. The number of aromatic hydroxyl groups is 1. The minimum atomic E-state index is -0.515. The molecule has 0 radical (unpaired) electrons. The van der Waals surface area contributed by atoms with Crippen molar-refractivity contribution in [1.82, 2.24) is 14.8 Å². The SMILES string of the molecule is C.CCC(NC(=O)c1c(O)c2ccccc2n(C(C)C)c1=O)N1CCC2(OC)CCCC1C2. The third-order valence-electron chi connectivity index (χ3n) is 7.42. The largest absolute Gasteiger partial charge is 0.506 e. The number of benzene rings is 1. The third kappa shape index (κ3) is 4.41. The van der Waals surface area contributed by atoms with Crippen molar-refractivity contribution in [3.63, 3.8) is 0 Å². The van der Waals surface area contributed by atoms with Crippen LogP contribution in [0.4, 0.5) is 0 Å². The molecule has 7 heteroatoms. The van der Waals surface area contributed by atoms with E-state index in [1.807, 2.05) is 26.8 Å². The Morgan fingerprint density at radius 3 is 2.70 bits per heavy atom. The number of fused-ring (bicyclic) bond motifs is 3. The second-order valence-electron chi connectivity index (χ2n) is 9.53. The predicted molar refractivity (Wildman–Crippen MR) is 132 cm³/mol. The van der Waals surface area contributed by atoms with E-state index < -0.39 is 11.5 Å². The maximum Gasteiger partial charge on any atom is 0.267 e. The maximum absolute atomic E-state index is 13.4. The first kappa shape index (κ1) is 25.2. The van der Waals surface area contributed by atoms with Crippen molar-refractivity contribution < 1.29 is 14.6 Å². The molecule has 7 nitrogen and oxygen atoms in total. The van der Waals surface area contributed by atoms with Gasteiger partial charge in [-0.05, 0) is 64.5 Å². The number of para-hydroxylation sites is 1. The van der Waals surface area contributed by atoms with E-state index in [0.29, 0.717) is 16.9 Å². The van der Waals surface area contributed by atoms with Gasteiger partial charge in [0.2, 0.25) is 0 Å². The fraction of sp³-hybridized carbons (Fsp3) is 0.615. The van der Waals surface area contributed by atoms with Crippen LogP contribution < -0.4 is 10.9 Å². The molecule has 182 valence electrons. The third-order valence-corrected chi connectivity index (χ3v) is 7.42. The number of hydrogen-bond acceptors (Lipinski definition) is 5. The van der Waals surface area contributed by atoms with E-state index in [4.69, 9.17) is 4.74 Å². The van der Waals surface area contributed by atoms with Gasteiger partial charge in [-0.2, -0.15) is 0 Å². The molecule has 1 saturated carbocycles. The molecule has 33 heavy (non-hydrogen) atoms. The van der Waals surface area contributed by atoms with Crippen LogP contribution in [0.15, 0.2) is 29.1 Å². The zero-order valence-corrected chi connectivity index (χ0v) is 19.6. The van der Waals surface area contributed by atoms with Crippen LogP contribution in [0.1, 0.15) is 83.1 Å². The molecular formula is C26H39N3O4. The lowest BCUT2D eigenvalue weighted by Gasteiger charge is -2.51. The summed E-state index contributed by atoms with van der Waals surface area (Å²) in [5, 5.41) is 14.5. The van der Waals surface area contributed by atoms with Crippen molar-refractivity contribution in [3.05, 3.63) is 40.2 Å². The Labute approximate surface area is 196 Å². The number of carbonyl (C=O) groups is 1. The molecule has 2 bridgehead atoms. The van der Waals surface area contributed by atoms with Gasteiger partial charge in [0.05, 0.1) is 17.3 Å². The minimum absolute atomic E-state index is 0. The molecule has 2 N–H and O–H groups in total. The molecule has 2 fully saturated rings. The number of nitrogens with zero attached hydrogens (tertiary/aromatic N) is 2. The Hall–Kier alpha value is -2.38. The number of piperidine rings is 1. The van der Waals surface area contributed by atoms with E-state index in [1.54, 1.807) is 29.9 Å². The van der Waals surface area contributed by atoms with Gasteiger partial charge < -0.3 is 19.7 Å². The van der Waals surface area contributed by atoms with Crippen molar-refractivity contribution in [2.24, 2.45) is 0 Å². The number of likely N-dealkylation sites (tertiary alicyclic amines) is 1. The zero-order valence-electron chi connectivity index (χ0n) is 19.6. The Morgan fingerprint density at radius 2 is 2.03 bits per heavy atom. The van der Waals surface area contributed by atoms with E-state index >= 15 is 0 Å². The standard InChI is InChI=1S/C25H35N3O4.CH4/c1-5-20(27-14-13-25(32-4)12-8-9-17(27)15-25)26-23(30)21-22(29)18-10-6-7-11-19(18)28(16(2)3)24(21)31;/h6-7,10-11,16-17,20,29H,5,8-9,12-15H2,1-4H3,(H,26,30);1H4. The summed E-state index contributed by atoms with van der Waals surface area (Å²) >= 11 is 0. The minimum Gasteiger partial charge on any atom is -0.506 e. The number of pyridine rings is 1. The monoisotopic (exact) mass is 457 g/mol. The average molecular weight is 458 g/mol. The number of rotatable bonds is 6. The number of hydrogen-bond donors (Lipinski definition) is 2. The molecule has 1 aromatic carbocycles. The first-order valence-electron chi connectivity index (χ1n) is 11.8. The van der Waals surface area contributed by atoms with Gasteiger partial charge >= 0.3 is 0 Å². The first-order chi connectivity index (χ1) is 15.3. The molecule has 4 rings (SSSR count). The van der Waals surface area contributed by atoms with E-state index in [9.17, 15) is 14.7 Å². The molecule has 3 atom stereocenters. The van der Waals surface area contributed by atoms with Crippen molar-refractivity contribution in [1.29, 1.82) is 0 Å². The highest BCUT2D eigenvalue weighted by Gasteiger charge is 2.44. The summed E-state index contributed by atoms with van der Waals surface area (Å²) in [5.74, 6) is -0.761. The van der Waals surface area contributed by atoms with Crippen molar-refractivity contribution in [3.8, 4) is 5.75 Å². The smallest absolute Gasteiger partial charge is 0.267 e. The summed E-state index contributed by atoms with van der Waals surface area (Å²) in [5.41, 5.74) is -0.0488. The molecule has 2 aromatic rings. The van der Waals surface area contributed by atoms with Gasteiger partial charge in [-0.25, -0.2) is 0 Å². The van der Waals surface area contributed by atoms with E-state index in [1.165, 1.54) is 0 Å². The number of methoxy groups -OCH3 is 1. The van der Waals surface area contributed by atoms with Crippen LogP contribution in [0.3, 0.4) is 0 Å². The zero-order chi connectivity index (χ0) is 23.0. The van der Waals surface area contributed by atoms with Gasteiger partial charge in [-0.15, -0.1) is 0 Å². The van der Waals surface area contributed by atoms with Crippen LogP contribution in [-0.2, 0) is 4.74 Å². The summed E-state index contributed by atoms with van der Waals surface area (Å²) in [6.07, 6.45) is 5.72. The predicted octanol–water partition coefficient (Wildman–Crippen LogP) is 4.42. The van der Waals surface area contributed by atoms with Crippen molar-refractivity contribution in [2.75, 3.05) is 13.7 Å². The lowest BCUT2D eigenvalue weighted by Crippen LogP contribution is -2.60. The number of nitrogens with one attached hydrogen (secondary N) is 1. The number of carbonyl (C=O) groups excluding carboxylic acids is 1. The normalized spacial score (nSPS) is 23.8. The number of amides is 1. The Balaban J connectivity index is 0.00000306. The van der Waals surface area contributed by atoms with E-state index in [0.717, 1.165) is 45.1 Å². The van der Waals surface area contributed by atoms with Crippen LogP contribution >= 0.6 is 0 Å². The maximum atomic E-state index is 13.4. The van der Waals surface area contributed by atoms with E-state index in [-0.39, 0.29) is 36.5 Å². The molecule has 1 aromatic heterocycles. The quantitative estimate of drug-likeness (QED) is 0.671. The fourth-order valence-corrected chi connectivity index (χ4v) is 5.73. The molecule has 1 amide bonds. The lowest BCUT2D eigenvalue weighted by atomic mass is 9.75. The molecule has 1 saturated heterocycles. The van der Waals surface area contributed by atoms with Crippen LogP contribution in [0.5, 0.6) is 5.75 Å². The Morgan fingerprint density at radius 1 is 1.30 bits per heavy atom. The Bertz CT molecular complexity index is 1060. The topological polar surface area (TPSA) is 83.8 Å². The number of aromatic nitrogens is 1. The second-order valence-corrected chi connectivity index (χ2v) is 9.53. The highest BCUT2D eigenvalue weighted by atomic mass is 16.5. The Kier molecular flexibility index (Phi) is 7.54. The molecule has 0 spiro atoms. The summed E-state index contributed by atoms with van der Waals surface area (Å²) in [6.45, 7) is 6.69. The van der Waals surface area contributed by atoms with Gasteiger partial charge in [0.1, 0.15) is 11.3 Å². The summed E-state index contributed by atoms with van der Waals surface area (Å²) in [6, 6.07) is 7.37. The number of ether oxygens (including phenoxy) is 1.